The lowest BCUT2D eigenvalue weighted by molar-refractivity contribution is -0.116. The Hall–Kier alpha value is -0.995. The van der Waals surface area contributed by atoms with Gasteiger partial charge in [0.15, 0.2) is 6.29 Å². The van der Waals surface area contributed by atoms with E-state index in [1.54, 1.807) is 6.82 Å². The van der Waals surface area contributed by atoms with Gasteiger partial charge in [0.25, 0.3) is 0 Å². The third-order valence-corrected chi connectivity index (χ3v) is 3.58. The van der Waals surface area contributed by atoms with Crippen molar-refractivity contribution >= 4 is 12.4 Å². The molecule has 0 spiro atoms. The maximum atomic E-state index is 9.56. The quantitative estimate of drug-likeness (QED) is 0.654. The minimum Gasteiger partial charge on any atom is -0.465 e. The lowest BCUT2D eigenvalue weighted by Gasteiger charge is -2.26. The minimum atomic E-state index is -0.474. The third kappa shape index (κ3) is 4.55. The highest BCUT2D eigenvalue weighted by Crippen LogP contribution is 2.22. The van der Waals surface area contributed by atoms with Gasteiger partial charge in [-0.15, -0.1) is 0 Å². The van der Waals surface area contributed by atoms with E-state index in [1.807, 2.05) is 31.2 Å². The largest absolute Gasteiger partial charge is 0.465 e. The van der Waals surface area contributed by atoms with Crippen molar-refractivity contribution in [2.75, 3.05) is 0 Å². The summed E-state index contributed by atoms with van der Waals surface area (Å²) in [5, 5.41) is 9.56. The normalized spacial score (nSPS) is 18.1. The van der Waals surface area contributed by atoms with Crippen molar-refractivity contribution in [1.29, 1.82) is 0 Å². The SMILES string of the molecule is CB(O)c1cccc(OC(C)OC2CCCCC2)c1. The van der Waals surface area contributed by atoms with Crippen molar-refractivity contribution in [3.8, 4) is 5.75 Å². The van der Waals surface area contributed by atoms with Gasteiger partial charge < -0.3 is 14.5 Å². The Labute approximate surface area is 116 Å². The molecule has 1 saturated carbocycles. The summed E-state index contributed by atoms with van der Waals surface area (Å²) in [4.78, 5) is 0. The molecule has 0 radical (unpaired) electrons. The molecule has 1 aliphatic carbocycles. The third-order valence-electron chi connectivity index (χ3n) is 3.58. The smallest absolute Gasteiger partial charge is 0.320 e. The zero-order valence-corrected chi connectivity index (χ0v) is 11.8. The van der Waals surface area contributed by atoms with Gasteiger partial charge in [-0.3, -0.25) is 0 Å². The molecule has 1 N–H and O–H groups in total. The Balaban J connectivity index is 1.87. The summed E-state index contributed by atoms with van der Waals surface area (Å²) in [6.45, 7) is 3.21. The van der Waals surface area contributed by atoms with Crippen LogP contribution in [0.1, 0.15) is 39.0 Å². The molecular weight excluding hydrogens is 239 g/mol. The first-order chi connectivity index (χ1) is 9.15. The molecule has 1 aliphatic rings. The van der Waals surface area contributed by atoms with Crippen LogP contribution in [0.15, 0.2) is 24.3 Å². The van der Waals surface area contributed by atoms with E-state index in [0.29, 0.717) is 6.10 Å². The molecule has 104 valence electrons. The molecule has 1 aromatic rings. The Morgan fingerprint density at radius 3 is 2.68 bits per heavy atom. The highest BCUT2D eigenvalue weighted by atomic mass is 16.7. The Morgan fingerprint density at radius 1 is 1.26 bits per heavy atom. The number of hydrogen-bond donors (Lipinski definition) is 1. The first-order valence-electron chi connectivity index (χ1n) is 7.25. The monoisotopic (exact) mass is 262 g/mol. The molecule has 3 nitrogen and oxygen atoms in total. The van der Waals surface area contributed by atoms with E-state index in [1.165, 1.54) is 19.3 Å². The second-order valence-corrected chi connectivity index (χ2v) is 5.33. The summed E-state index contributed by atoms with van der Waals surface area (Å²) in [5.41, 5.74) is 0.863. The predicted molar refractivity (Wildman–Crippen MR) is 78.0 cm³/mol. The van der Waals surface area contributed by atoms with E-state index in [0.717, 1.165) is 24.1 Å². The number of hydrogen-bond acceptors (Lipinski definition) is 3. The lowest BCUT2D eigenvalue weighted by Crippen LogP contribution is -2.28. The van der Waals surface area contributed by atoms with Crippen molar-refractivity contribution in [2.24, 2.45) is 0 Å². The topological polar surface area (TPSA) is 38.7 Å². The van der Waals surface area contributed by atoms with E-state index in [-0.39, 0.29) is 6.29 Å². The van der Waals surface area contributed by atoms with Gasteiger partial charge in [-0.1, -0.05) is 38.2 Å². The van der Waals surface area contributed by atoms with Crippen LogP contribution in [0.2, 0.25) is 6.82 Å². The molecule has 0 aromatic heterocycles. The van der Waals surface area contributed by atoms with Crippen LogP contribution in [-0.4, -0.2) is 24.3 Å². The molecule has 0 aliphatic heterocycles. The molecule has 1 unspecified atom stereocenters. The van der Waals surface area contributed by atoms with E-state index in [4.69, 9.17) is 9.47 Å². The van der Waals surface area contributed by atoms with Crippen molar-refractivity contribution < 1.29 is 14.5 Å². The maximum Gasteiger partial charge on any atom is 0.320 e. The van der Waals surface area contributed by atoms with Crippen LogP contribution in [0.3, 0.4) is 0 Å². The maximum absolute atomic E-state index is 9.56. The van der Waals surface area contributed by atoms with Crippen LogP contribution >= 0.6 is 0 Å². The number of rotatable bonds is 5. The van der Waals surface area contributed by atoms with E-state index < -0.39 is 6.92 Å². The molecule has 0 heterocycles. The lowest BCUT2D eigenvalue weighted by atomic mass is 9.64. The summed E-state index contributed by atoms with van der Waals surface area (Å²) in [5.74, 6) is 0.752. The van der Waals surface area contributed by atoms with Crippen LogP contribution < -0.4 is 10.2 Å². The molecule has 19 heavy (non-hydrogen) atoms. The molecular formula is C15H23BO3. The van der Waals surface area contributed by atoms with Crippen LogP contribution in [0.4, 0.5) is 0 Å². The van der Waals surface area contributed by atoms with Gasteiger partial charge >= 0.3 is 6.92 Å². The first kappa shape index (κ1) is 14.4. The average molecular weight is 262 g/mol. The predicted octanol–water partition coefficient (Wildman–Crippen LogP) is 2.58. The number of benzene rings is 1. The van der Waals surface area contributed by atoms with E-state index in [2.05, 4.69) is 0 Å². The molecule has 1 aromatic carbocycles. The summed E-state index contributed by atoms with van der Waals surface area (Å²) in [6.07, 6.45) is 6.22. The second-order valence-electron chi connectivity index (χ2n) is 5.33. The van der Waals surface area contributed by atoms with Crippen LogP contribution in [-0.2, 0) is 4.74 Å². The van der Waals surface area contributed by atoms with E-state index >= 15 is 0 Å². The van der Waals surface area contributed by atoms with Gasteiger partial charge in [-0.25, -0.2) is 0 Å². The van der Waals surface area contributed by atoms with Crippen LogP contribution in [0.5, 0.6) is 5.75 Å². The van der Waals surface area contributed by atoms with Crippen LogP contribution in [0, 0.1) is 0 Å². The van der Waals surface area contributed by atoms with Crippen molar-refractivity contribution in [3.05, 3.63) is 24.3 Å². The molecule has 2 rings (SSSR count). The fraction of sp³-hybridized carbons (Fsp3) is 0.600. The fourth-order valence-corrected chi connectivity index (χ4v) is 2.54. The van der Waals surface area contributed by atoms with Gasteiger partial charge in [0.2, 0.25) is 0 Å². The molecule has 0 amide bonds. The fourth-order valence-electron chi connectivity index (χ4n) is 2.54. The molecule has 0 bridgehead atoms. The summed E-state index contributed by atoms with van der Waals surface area (Å²) < 4.78 is 11.7. The summed E-state index contributed by atoms with van der Waals surface area (Å²) in [6, 6.07) is 7.55. The Kier molecular flexibility index (Phi) is 5.29. The summed E-state index contributed by atoms with van der Waals surface area (Å²) >= 11 is 0. The zero-order valence-electron chi connectivity index (χ0n) is 11.8. The summed E-state index contributed by atoms with van der Waals surface area (Å²) in [7, 11) is 0. The van der Waals surface area contributed by atoms with Gasteiger partial charge in [0.1, 0.15) is 5.75 Å². The Morgan fingerprint density at radius 2 is 2.00 bits per heavy atom. The average Bonchev–Trinajstić information content (AvgIpc) is 2.40. The second kappa shape index (κ2) is 6.97. The van der Waals surface area contributed by atoms with Crippen molar-refractivity contribution in [1.82, 2.24) is 0 Å². The van der Waals surface area contributed by atoms with Gasteiger partial charge in [0, 0.05) is 0 Å². The minimum absolute atomic E-state index is 0.243. The molecule has 1 atom stereocenters. The standard InChI is InChI=1S/C15H23BO3/c1-12(18-14-8-4-3-5-9-14)19-15-10-6-7-13(11-15)16(2)17/h6-7,10-12,14,17H,3-5,8-9H2,1-2H3. The highest BCUT2D eigenvalue weighted by molar-refractivity contribution is 6.64. The highest BCUT2D eigenvalue weighted by Gasteiger charge is 2.17. The van der Waals surface area contributed by atoms with Gasteiger partial charge in [-0.05, 0) is 37.4 Å². The van der Waals surface area contributed by atoms with E-state index in [9.17, 15) is 5.02 Å². The molecule has 0 saturated heterocycles. The number of ether oxygens (including phenoxy) is 2. The molecule has 4 heteroatoms. The van der Waals surface area contributed by atoms with Crippen molar-refractivity contribution in [2.45, 2.75) is 58.2 Å². The van der Waals surface area contributed by atoms with Crippen molar-refractivity contribution in [3.63, 3.8) is 0 Å². The van der Waals surface area contributed by atoms with Gasteiger partial charge in [0.05, 0.1) is 6.10 Å². The molecule has 1 fully saturated rings. The first-order valence-corrected chi connectivity index (χ1v) is 7.25. The zero-order chi connectivity index (χ0) is 13.7. The van der Waals surface area contributed by atoms with Gasteiger partial charge in [-0.2, -0.15) is 0 Å². The van der Waals surface area contributed by atoms with Crippen LogP contribution in [0.25, 0.3) is 0 Å². The Bertz CT molecular complexity index is 389.